The Morgan fingerprint density at radius 1 is 1.16 bits per heavy atom. The summed E-state index contributed by atoms with van der Waals surface area (Å²) in [6.07, 6.45) is 1.82. The lowest BCUT2D eigenvalue weighted by molar-refractivity contribution is -0.115. The number of amides is 1. The standard InChI is InChI=1S/C19H19N3O3/c1-13-16(14(2)25-22-13)11-18(23)21-17-9-6-10-20-19(17)24-12-15-7-4-3-5-8-15/h3-10H,11-12H2,1-2H3,(H,21,23). The number of pyridine rings is 1. The normalized spacial score (nSPS) is 10.5. The third kappa shape index (κ3) is 4.23. The maximum Gasteiger partial charge on any atom is 0.238 e. The third-order valence-electron chi connectivity index (χ3n) is 3.78. The maximum atomic E-state index is 12.3. The fourth-order valence-corrected chi connectivity index (χ4v) is 2.44. The summed E-state index contributed by atoms with van der Waals surface area (Å²) in [6, 6.07) is 13.3. The molecule has 3 rings (SSSR count). The molecule has 25 heavy (non-hydrogen) atoms. The fourth-order valence-electron chi connectivity index (χ4n) is 2.44. The third-order valence-corrected chi connectivity index (χ3v) is 3.78. The summed E-state index contributed by atoms with van der Waals surface area (Å²) in [4.78, 5) is 16.6. The van der Waals surface area contributed by atoms with Crippen LogP contribution in [0.5, 0.6) is 5.88 Å². The summed E-state index contributed by atoms with van der Waals surface area (Å²) in [5.74, 6) is 0.866. The number of hydrogen-bond donors (Lipinski definition) is 1. The van der Waals surface area contributed by atoms with Crippen LogP contribution in [-0.4, -0.2) is 16.0 Å². The Morgan fingerprint density at radius 3 is 2.68 bits per heavy atom. The molecular formula is C19H19N3O3. The molecule has 1 amide bonds. The van der Waals surface area contributed by atoms with E-state index in [2.05, 4.69) is 15.5 Å². The first kappa shape index (κ1) is 16.7. The number of aromatic nitrogens is 2. The smallest absolute Gasteiger partial charge is 0.238 e. The maximum absolute atomic E-state index is 12.3. The van der Waals surface area contributed by atoms with Gasteiger partial charge in [0.1, 0.15) is 18.1 Å². The molecule has 3 aromatic rings. The van der Waals surface area contributed by atoms with Gasteiger partial charge < -0.3 is 14.6 Å². The van der Waals surface area contributed by atoms with Crippen molar-refractivity contribution in [2.75, 3.05) is 5.32 Å². The van der Waals surface area contributed by atoms with Crippen molar-refractivity contribution in [2.45, 2.75) is 26.9 Å². The van der Waals surface area contributed by atoms with Crippen molar-refractivity contribution in [3.63, 3.8) is 0 Å². The zero-order valence-electron chi connectivity index (χ0n) is 14.2. The molecular weight excluding hydrogens is 318 g/mol. The van der Waals surface area contributed by atoms with Gasteiger partial charge in [0.25, 0.3) is 0 Å². The largest absolute Gasteiger partial charge is 0.471 e. The van der Waals surface area contributed by atoms with E-state index in [4.69, 9.17) is 9.26 Å². The first-order valence-electron chi connectivity index (χ1n) is 7.97. The van der Waals surface area contributed by atoms with Gasteiger partial charge in [-0.1, -0.05) is 35.5 Å². The van der Waals surface area contributed by atoms with E-state index in [0.717, 1.165) is 16.8 Å². The Morgan fingerprint density at radius 2 is 1.96 bits per heavy atom. The molecule has 128 valence electrons. The number of rotatable bonds is 6. The number of carbonyl (C=O) groups is 1. The summed E-state index contributed by atoms with van der Waals surface area (Å²) < 4.78 is 10.8. The minimum absolute atomic E-state index is 0.174. The molecule has 0 aliphatic rings. The number of hydrogen-bond acceptors (Lipinski definition) is 5. The number of nitrogens with one attached hydrogen (secondary N) is 1. The van der Waals surface area contributed by atoms with Crippen LogP contribution >= 0.6 is 0 Å². The number of nitrogens with zero attached hydrogens (tertiary/aromatic N) is 2. The van der Waals surface area contributed by atoms with Crippen molar-refractivity contribution in [1.29, 1.82) is 0 Å². The van der Waals surface area contributed by atoms with Gasteiger partial charge in [-0.2, -0.15) is 0 Å². The van der Waals surface area contributed by atoms with Crippen LogP contribution in [0.4, 0.5) is 5.69 Å². The fraction of sp³-hybridized carbons (Fsp3) is 0.211. The quantitative estimate of drug-likeness (QED) is 0.745. The molecule has 0 fully saturated rings. The lowest BCUT2D eigenvalue weighted by Crippen LogP contribution is -2.16. The second-order valence-electron chi connectivity index (χ2n) is 5.66. The van der Waals surface area contributed by atoms with E-state index in [1.54, 1.807) is 25.3 Å². The highest BCUT2D eigenvalue weighted by atomic mass is 16.5. The minimum Gasteiger partial charge on any atom is -0.471 e. The summed E-state index contributed by atoms with van der Waals surface area (Å²) in [5, 5.41) is 6.71. The Bertz CT molecular complexity index is 840. The Hall–Kier alpha value is -3.15. The molecule has 0 saturated heterocycles. The summed E-state index contributed by atoms with van der Waals surface area (Å²) in [7, 11) is 0. The van der Waals surface area contributed by atoms with Crippen LogP contribution in [0.3, 0.4) is 0 Å². The lowest BCUT2D eigenvalue weighted by atomic mass is 10.1. The highest BCUT2D eigenvalue weighted by molar-refractivity contribution is 5.93. The van der Waals surface area contributed by atoms with Gasteiger partial charge in [-0.25, -0.2) is 4.98 Å². The van der Waals surface area contributed by atoms with E-state index in [0.29, 0.717) is 23.9 Å². The van der Waals surface area contributed by atoms with Crippen LogP contribution in [0.2, 0.25) is 0 Å². The minimum atomic E-state index is -0.174. The topological polar surface area (TPSA) is 77.3 Å². The molecule has 0 spiro atoms. The number of carbonyl (C=O) groups excluding carboxylic acids is 1. The molecule has 0 radical (unpaired) electrons. The van der Waals surface area contributed by atoms with Crippen molar-refractivity contribution < 1.29 is 14.1 Å². The highest BCUT2D eigenvalue weighted by Crippen LogP contribution is 2.22. The number of ether oxygens (including phenoxy) is 1. The summed E-state index contributed by atoms with van der Waals surface area (Å²) >= 11 is 0. The van der Waals surface area contributed by atoms with E-state index >= 15 is 0 Å². The first-order valence-corrected chi connectivity index (χ1v) is 7.97. The van der Waals surface area contributed by atoms with Crippen LogP contribution in [-0.2, 0) is 17.8 Å². The van der Waals surface area contributed by atoms with Crippen LogP contribution in [0.15, 0.2) is 53.2 Å². The number of aryl methyl sites for hydroxylation is 2. The first-order chi connectivity index (χ1) is 12.1. The van der Waals surface area contributed by atoms with E-state index < -0.39 is 0 Å². The predicted molar refractivity (Wildman–Crippen MR) is 93.3 cm³/mol. The molecule has 6 heteroatoms. The van der Waals surface area contributed by atoms with Crippen molar-refractivity contribution in [1.82, 2.24) is 10.1 Å². The van der Waals surface area contributed by atoms with Gasteiger partial charge in [0, 0.05) is 11.8 Å². The zero-order chi connectivity index (χ0) is 17.6. The Kier molecular flexibility index (Phi) is 5.09. The molecule has 0 bridgehead atoms. The Labute approximate surface area is 145 Å². The van der Waals surface area contributed by atoms with Crippen LogP contribution in [0.1, 0.15) is 22.6 Å². The molecule has 0 saturated carbocycles. The van der Waals surface area contributed by atoms with E-state index in [1.165, 1.54) is 0 Å². The second-order valence-corrected chi connectivity index (χ2v) is 5.66. The van der Waals surface area contributed by atoms with Gasteiger partial charge in [-0.15, -0.1) is 0 Å². The molecule has 1 N–H and O–H groups in total. The van der Waals surface area contributed by atoms with Crippen LogP contribution in [0, 0.1) is 13.8 Å². The van der Waals surface area contributed by atoms with Crippen molar-refractivity contribution in [2.24, 2.45) is 0 Å². The van der Waals surface area contributed by atoms with Gasteiger partial charge in [-0.05, 0) is 31.5 Å². The Balaban J connectivity index is 1.67. The lowest BCUT2D eigenvalue weighted by Gasteiger charge is -2.11. The van der Waals surface area contributed by atoms with Gasteiger partial charge in [0.2, 0.25) is 11.8 Å². The zero-order valence-corrected chi connectivity index (χ0v) is 14.2. The SMILES string of the molecule is Cc1noc(C)c1CC(=O)Nc1cccnc1OCc1ccccc1. The van der Waals surface area contributed by atoms with Gasteiger partial charge in [0.05, 0.1) is 12.1 Å². The number of benzene rings is 1. The van der Waals surface area contributed by atoms with Crippen molar-refractivity contribution in [3.8, 4) is 5.88 Å². The van der Waals surface area contributed by atoms with Crippen molar-refractivity contribution in [3.05, 3.63) is 71.2 Å². The van der Waals surface area contributed by atoms with E-state index in [1.807, 2.05) is 37.3 Å². The number of anilines is 1. The molecule has 0 aliphatic heterocycles. The molecule has 0 aliphatic carbocycles. The van der Waals surface area contributed by atoms with Gasteiger partial charge in [0.15, 0.2) is 0 Å². The summed E-state index contributed by atoms with van der Waals surface area (Å²) in [6.45, 7) is 3.99. The predicted octanol–water partition coefficient (Wildman–Crippen LogP) is 3.45. The molecule has 2 aromatic heterocycles. The molecule has 0 atom stereocenters. The van der Waals surface area contributed by atoms with Crippen LogP contribution < -0.4 is 10.1 Å². The average molecular weight is 337 g/mol. The van der Waals surface area contributed by atoms with Gasteiger partial charge in [-0.3, -0.25) is 4.79 Å². The highest BCUT2D eigenvalue weighted by Gasteiger charge is 2.15. The monoisotopic (exact) mass is 337 g/mol. The van der Waals surface area contributed by atoms with E-state index in [9.17, 15) is 4.79 Å². The van der Waals surface area contributed by atoms with E-state index in [-0.39, 0.29) is 12.3 Å². The molecule has 6 nitrogen and oxygen atoms in total. The molecule has 0 unspecified atom stereocenters. The summed E-state index contributed by atoms with van der Waals surface area (Å²) in [5.41, 5.74) is 3.09. The molecule has 2 heterocycles. The average Bonchev–Trinajstić information content (AvgIpc) is 2.94. The van der Waals surface area contributed by atoms with Crippen LogP contribution in [0.25, 0.3) is 0 Å². The molecule has 1 aromatic carbocycles. The second kappa shape index (κ2) is 7.61. The van der Waals surface area contributed by atoms with Gasteiger partial charge >= 0.3 is 0 Å². The van der Waals surface area contributed by atoms with Crippen molar-refractivity contribution >= 4 is 11.6 Å².